The van der Waals surface area contributed by atoms with Gasteiger partial charge in [0.25, 0.3) is 0 Å². The van der Waals surface area contributed by atoms with E-state index in [4.69, 9.17) is 23.7 Å². The van der Waals surface area contributed by atoms with Gasteiger partial charge in [0.15, 0.2) is 24.6 Å². The summed E-state index contributed by atoms with van der Waals surface area (Å²) < 4.78 is 28.3. The molecule has 1 fully saturated rings. The SMILES string of the molecule is CCCCC/C=C\C/C=C\C/C=C\CCCCCCCCC(=O)OCC(COC1OC(C(=O)O)C(O)C(O)C1OC(=O)CCCCCCCCCCCCC)OC(=O)CCCCCCCCCCC. The predicted octanol–water partition coefficient (Wildman–Crippen LogP) is 13.7. The van der Waals surface area contributed by atoms with E-state index in [1.54, 1.807) is 0 Å². The zero-order valence-electron chi connectivity index (χ0n) is 43.8. The van der Waals surface area contributed by atoms with Crippen molar-refractivity contribution in [3.8, 4) is 0 Å². The third-order valence-corrected chi connectivity index (χ3v) is 12.7. The van der Waals surface area contributed by atoms with Crippen LogP contribution in [0.4, 0.5) is 0 Å². The topological polar surface area (TPSA) is 175 Å². The maximum Gasteiger partial charge on any atom is 0.335 e. The summed E-state index contributed by atoms with van der Waals surface area (Å²) in [6, 6.07) is 0. The Morgan fingerprint density at radius 3 is 1.35 bits per heavy atom. The van der Waals surface area contributed by atoms with Crippen LogP contribution in [-0.4, -0.2) is 89.2 Å². The molecular formula is C57H100O12. The van der Waals surface area contributed by atoms with Crippen LogP contribution in [0.5, 0.6) is 0 Å². The molecule has 0 amide bonds. The molecule has 0 radical (unpaired) electrons. The van der Waals surface area contributed by atoms with Crippen molar-refractivity contribution in [3.05, 3.63) is 36.5 Å². The molecule has 0 saturated carbocycles. The van der Waals surface area contributed by atoms with Crippen LogP contribution in [0.3, 0.4) is 0 Å². The van der Waals surface area contributed by atoms with Gasteiger partial charge in [-0.25, -0.2) is 4.79 Å². The van der Waals surface area contributed by atoms with Crippen LogP contribution in [0, 0.1) is 0 Å². The summed E-state index contributed by atoms with van der Waals surface area (Å²) in [5.74, 6) is -3.12. The lowest BCUT2D eigenvalue weighted by Gasteiger charge is -2.40. The first-order valence-corrected chi connectivity index (χ1v) is 28.0. The minimum atomic E-state index is -1.90. The van der Waals surface area contributed by atoms with Gasteiger partial charge in [-0.2, -0.15) is 0 Å². The van der Waals surface area contributed by atoms with Gasteiger partial charge in [0.1, 0.15) is 18.8 Å². The maximum atomic E-state index is 13.0. The van der Waals surface area contributed by atoms with Crippen molar-refractivity contribution in [2.75, 3.05) is 13.2 Å². The van der Waals surface area contributed by atoms with Gasteiger partial charge in [-0.1, -0.05) is 211 Å². The average molecular weight is 977 g/mol. The van der Waals surface area contributed by atoms with Crippen molar-refractivity contribution in [3.63, 3.8) is 0 Å². The minimum Gasteiger partial charge on any atom is -0.479 e. The molecule has 6 atom stereocenters. The van der Waals surface area contributed by atoms with Crippen LogP contribution >= 0.6 is 0 Å². The van der Waals surface area contributed by atoms with E-state index >= 15 is 0 Å². The van der Waals surface area contributed by atoms with Gasteiger partial charge in [-0.05, 0) is 57.8 Å². The van der Waals surface area contributed by atoms with Crippen LogP contribution in [-0.2, 0) is 42.9 Å². The van der Waals surface area contributed by atoms with Crippen molar-refractivity contribution in [2.24, 2.45) is 0 Å². The van der Waals surface area contributed by atoms with E-state index < -0.39 is 67.3 Å². The first kappa shape index (κ1) is 64.0. The van der Waals surface area contributed by atoms with Gasteiger partial charge >= 0.3 is 23.9 Å². The average Bonchev–Trinajstić information content (AvgIpc) is 3.33. The molecule has 400 valence electrons. The summed E-state index contributed by atoms with van der Waals surface area (Å²) in [4.78, 5) is 50.8. The quantitative estimate of drug-likeness (QED) is 0.0228. The number of carboxylic acids is 1. The number of aliphatic hydroxyl groups excluding tert-OH is 2. The van der Waals surface area contributed by atoms with Crippen LogP contribution in [0.25, 0.3) is 0 Å². The predicted molar refractivity (Wildman–Crippen MR) is 276 cm³/mol. The number of carbonyl (C=O) groups excluding carboxylic acids is 3. The Balaban J connectivity index is 2.65. The molecule has 0 aliphatic carbocycles. The van der Waals surface area contributed by atoms with E-state index in [1.165, 1.54) is 96.3 Å². The normalized spacial score (nSPS) is 18.9. The molecule has 0 bridgehead atoms. The molecule has 6 unspecified atom stereocenters. The lowest BCUT2D eigenvalue weighted by molar-refractivity contribution is -0.301. The number of carbonyl (C=O) groups is 4. The smallest absolute Gasteiger partial charge is 0.335 e. The Morgan fingerprint density at radius 2 is 0.870 bits per heavy atom. The molecule has 69 heavy (non-hydrogen) atoms. The molecule has 1 rings (SSSR count). The Labute approximate surface area is 419 Å². The van der Waals surface area contributed by atoms with E-state index in [0.29, 0.717) is 19.3 Å². The first-order valence-electron chi connectivity index (χ1n) is 28.0. The molecule has 3 N–H and O–H groups in total. The lowest BCUT2D eigenvalue weighted by Crippen LogP contribution is -2.61. The van der Waals surface area contributed by atoms with Gasteiger partial charge in [-0.15, -0.1) is 0 Å². The molecule has 0 aromatic carbocycles. The monoisotopic (exact) mass is 977 g/mol. The Hall–Kier alpha value is -3.06. The fraction of sp³-hybridized carbons (Fsp3) is 0.825. The van der Waals surface area contributed by atoms with Gasteiger partial charge in [0, 0.05) is 19.3 Å². The second-order valence-electron chi connectivity index (χ2n) is 19.2. The third-order valence-electron chi connectivity index (χ3n) is 12.7. The van der Waals surface area contributed by atoms with Crippen molar-refractivity contribution in [1.29, 1.82) is 0 Å². The molecule has 1 saturated heterocycles. The van der Waals surface area contributed by atoms with Gasteiger partial charge in [0.05, 0.1) is 6.61 Å². The number of hydrogen-bond acceptors (Lipinski definition) is 11. The minimum absolute atomic E-state index is 0.0638. The molecule has 1 aliphatic rings. The van der Waals surface area contributed by atoms with E-state index in [0.717, 1.165) is 96.3 Å². The highest BCUT2D eigenvalue weighted by atomic mass is 16.7. The number of ether oxygens (including phenoxy) is 5. The van der Waals surface area contributed by atoms with Crippen molar-refractivity contribution in [1.82, 2.24) is 0 Å². The van der Waals surface area contributed by atoms with Crippen molar-refractivity contribution < 1.29 is 58.2 Å². The van der Waals surface area contributed by atoms with Crippen LogP contribution in [0.2, 0.25) is 0 Å². The highest BCUT2D eigenvalue weighted by Crippen LogP contribution is 2.26. The van der Waals surface area contributed by atoms with Crippen LogP contribution in [0.1, 0.15) is 252 Å². The van der Waals surface area contributed by atoms with Crippen LogP contribution < -0.4 is 0 Å². The number of hydrogen-bond donors (Lipinski definition) is 3. The molecular weight excluding hydrogens is 877 g/mol. The first-order chi connectivity index (χ1) is 33.6. The van der Waals surface area contributed by atoms with E-state index in [-0.39, 0.29) is 25.9 Å². The Morgan fingerprint density at radius 1 is 0.478 bits per heavy atom. The fourth-order valence-corrected chi connectivity index (χ4v) is 8.37. The molecule has 0 aromatic heterocycles. The van der Waals surface area contributed by atoms with Crippen molar-refractivity contribution >= 4 is 23.9 Å². The Bertz CT molecular complexity index is 1350. The molecule has 0 spiro atoms. The largest absolute Gasteiger partial charge is 0.479 e. The van der Waals surface area contributed by atoms with E-state index in [9.17, 15) is 34.5 Å². The molecule has 12 heteroatoms. The highest BCUT2D eigenvalue weighted by Gasteiger charge is 2.50. The molecule has 12 nitrogen and oxygen atoms in total. The van der Waals surface area contributed by atoms with E-state index in [1.807, 2.05) is 0 Å². The van der Waals surface area contributed by atoms with Gasteiger partial charge in [-0.3, -0.25) is 14.4 Å². The lowest BCUT2D eigenvalue weighted by atomic mass is 9.98. The number of allylic oxidation sites excluding steroid dienone is 6. The highest BCUT2D eigenvalue weighted by molar-refractivity contribution is 5.74. The van der Waals surface area contributed by atoms with Crippen LogP contribution in [0.15, 0.2) is 36.5 Å². The van der Waals surface area contributed by atoms with Gasteiger partial charge in [0.2, 0.25) is 0 Å². The maximum absolute atomic E-state index is 13.0. The number of esters is 3. The Kier molecular flexibility index (Phi) is 42.7. The summed E-state index contributed by atoms with van der Waals surface area (Å²) in [7, 11) is 0. The molecule has 0 aromatic rings. The number of unbranched alkanes of at least 4 members (excludes halogenated alkanes) is 27. The second-order valence-corrected chi connectivity index (χ2v) is 19.2. The number of aliphatic hydroxyl groups is 2. The molecule has 1 aliphatic heterocycles. The zero-order valence-corrected chi connectivity index (χ0v) is 43.8. The fourth-order valence-electron chi connectivity index (χ4n) is 8.37. The summed E-state index contributed by atoms with van der Waals surface area (Å²) >= 11 is 0. The third kappa shape index (κ3) is 36.5. The summed E-state index contributed by atoms with van der Waals surface area (Å²) in [5.41, 5.74) is 0. The number of carboxylic acid groups (broad SMARTS) is 1. The summed E-state index contributed by atoms with van der Waals surface area (Å²) in [5, 5.41) is 31.3. The summed E-state index contributed by atoms with van der Waals surface area (Å²) in [6.07, 6.45) is 39.9. The second kappa shape index (κ2) is 46.0. The van der Waals surface area contributed by atoms with Crippen molar-refractivity contribution in [2.45, 2.75) is 289 Å². The summed E-state index contributed by atoms with van der Waals surface area (Å²) in [6.45, 7) is 5.91. The zero-order chi connectivity index (χ0) is 50.4. The number of rotatable bonds is 47. The number of aliphatic carboxylic acids is 1. The molecule has 1 heterocycles. The van der Waals surface area contributed by atoms with Gasteiger partial charge < -0.3 is 39.0 Å². The standard InChI is InChI=1S/C57H100O12/c1-4-7-10-13-16-19-21-22-23-24-25-26-27-28-30-32-34-37-40-43-49(58)65-46-48(67-50(59)44-41-38-35-31-18-15-12-9-6-3)47-66-57-55(53(62)52(61)54(69-57)56(63)64)68-51(60)45-42-39-36-33-29-20-17-14-11-8-5-2/h16,19,22-23,25-26,48,52-55,57,61-62H,4-15,17-18,20-21,24,27-47H2,1-3H3,(H,63,64)/b19-16-,23-22-,26-25-. The van der Waals surface area contributed by atoms with E-state index in [2.05, 4.69) is 57.2 Å².